The summed E-state index contributed by atoms with van der Waals surface area (Å²) in [7, 11) is -3.46. The lowest BCUT2D eigenvalue weighted by molar-refractivity contribution is 0.0981. The number of benzene rings is 3. The highest BCUT2D eigenvalue weighted by molar-refractivity contribution is 7.90. The summed E-state index contributed by atoms with van der Waals surface area (Å²) >= 11 is 0. The van der Waals surface area contributed by atoms with Crippen molar-refractivity contribution in [3.63, 3.8) is 0 Å². The van der Waals surface area contributed by atoms with Gasteiger partial charge in [0.05, 0.1) is 10.6 Å². The lowest BCUT2D eigenvalue weighted by Gasteiger charge is -2.23. The Kier molecular flexibility index (Phi) is 4.77. The number of fused-ring (bicyclic) bond motifs is 1. The van der Waals surface area contributed by atoms with E-state index in [1.54, 1.807) is 59.5 Å². The summed E-state index contributed by atoms with van der Waals surface area (Å²) in [6, 6.07) is 23.3. The number of amides is 1. The largest absolute Gasteiger partial charge is 0.305 e. The van der Waals surface area contributed by atoms with Gasteiger partial charge in [0.1, 0.15) is 0 Å². The van der Waals surface area contributed by atoms with Crippen LogP contribution in [0.5, 0.6) is 0 Å². The van der Waals surface area contributed by atoms with E-state index in [1.807, 2.05) is 31.2 Å². The summed E-state index contributed by atoms with van der Waals surface area (Å²) in [4.78, 5) is 15.3. The van der Waals surface area contributed by atoms with E-state index >= 15 is 0 Å². The van der Waals surface area contributed by atoms with Gasteiger partial charge in [-0.15, -0.1) is 0 Å². The Morgan fingerprint density at radius 3 is 2.46 bits per heavy atom. The van der Waals surface area contributed by atoms with E-state index in [4.69, 9.17) is 0 Å². The normalized spacial score (nSPS) is 16.0. The van der Waals surface area contributed by atoms with Crippen LogP contribution in [0.3, 0.4) is 0 Å². The molecular weight excluding hydrogens is 370 g/mol. The molecule has 5 heteroatoms. The number of anilines is 1. The maximum atomic E-state index is 13.2. The predicted molar refractivity (Wildman–Crippen MR) is 110 cm³/mol. The van der Waals surface area contributed by atoms with Gasteiger partial charge in [0, 0.05) is 17.3 Å². The molecule has 1 aliphatic rings. The third kappa shape index (κ3) is 3.45. The van der Waals surface area contributed by atoms with E-state index < -0.39 is 9.84 Å². The minimum Gasteiger partial charge on any atom is -0.305 e. The molecule has 0 spiro atoms. The number of carbonyl (C=O) groups excluding carboxylic acids is 1. The summed E-state index contributed by atoms with van der Waals surface area (Å²) in [6.45, 7) is 2.03. The molecule has 3 aromatic carbocycles. The number of nitrogens with zero attached hydrogens (tertiary/aromatic N) is 1. The molecule has 0 unspecified atom stereocenters. The van der Waals surface area contributed by atoms with Crippen LogP contribution in [0.15, 0.2) is 83.8 Å². The van der Waals surface area contributed by atoms with E-state index in [1.165, 1.54) is 0 Å². The topological polar surface area (TPSA) is 54.5 Å². The van der Waals surface area contributed by atoms with Gasteiger partial charge in [-0.2, -0.15) is 0 Å². The van der Waals surface area contributed by atoms with Crippen LogP contribution in [-0.2, 0) is 22.0 Å². The number of para-hydroxylation sites is 1. The quantitative estimate of drug-likeness (QED) is 0.668. The molecule has 28 heavy (non-hydrogen) atoms. The molecule has 4 rings (SSSR count). The second kappa shape index (κ2) is 7.24. The van der Waals surface area contributed by atoms with Gasteiger partial charge in [0.15, 0.2) is 9.84 Å². The van der Waals surface area contributed by atoms with Gasteiger partial charge in [-0.05, 0) is 54.8 Å². The lowest BCUT2D eigenvalue weighted by Crippen LogP contribution is -2.35. The molecule has 0 bridgehead atoms. The zero-order valence-electron chi connectivity index (χ0n) is 15.6. The highest BCUT2D eigenvalue weighted by Crippen LogP contribution is 2.33. The minimum absolute atomic E-state index is 0.0709. The molecule has 0 saturated carbocycles. The highest BCUT2D eigenvalue weighted by atomic mass is 32.2. The second-order valence-electron chi connectivity index (χ2n) is 7.13. The number of hydrogen-bond acceptors (Lipinski definition) is 3. The first-order valence-corrected chi connectivity index (χ1v) is 10.9. The third-order valence-corrected chi connectivity index (χ3v) is 6.76. The summed E-state index contributed by atoms with van der Waals surface area (Å²) in [5.74, 6) is -0.235. The van der Waals surface area contributed by atoms with Gasteiger partial charge >= 0.3 is 0 Å². The first-order valence-electron chi connectivity index (χ1n) is 9.24. The summed E-state index contributed by atoms with van der Waals surface area (Å²) < 4.78 is 25.3. The Morgan fingerprint density at radius 2 is 1.68 bits per heavy atom. The minimum atomic E-state index is -3.46. The van der Waals surface area contributed by atoms with E-state index in [2.05, 4.69) is 0 Å². The fourth-order valence-corrected chi connectivity index (χ4v) is 5.10. The first kappa shape index (κ1) is 18.4. The summed E-state index contributed by atoms with van der Waals surface area (Å²) in [6.07, 6.45) is 0.823. The smallest absolute Gasteiger partial charge is 0.258 e. The molecule has 1 atom stereocenters. The standard InChI is InChI=1S/C23H21NO3S/c1-17-14-19-9-5-6-13-22(19)24(17)23(25)20-10-7-8-18(15-20)16-28(26,27)21-11-3-2-4-12-21/h2-13,15,17H,14,16H2,1H3/t17-/m1/s1. The average molecular weight is 391 g/mol. The zero-order chi connectivity index (χ0) is 19.7. The van der Waals surface area contributed by atoms with Gasteiger partial charge in [-0.3, -0.25) is 4.79 Å². The molecule has 3 aromatic rings. The molecule has 0 radical (unpaired) electrons. The van der Waals surface area contributed by atoms with E-state index in [0.717, 1.165) is 17.7 Å². The second-order valence-corrected chi connectivity index (χ2v) is 9.12. The van der Waals surface area contributed by atoms with Gasteiger partial charge in [-0.1, -0.05) is 48.5 Å². The molecule has 1 aliphatic heterocycles. The van der Waals surface area contributed by atoms with E-state index in [0.29, 0.717) is 11.1 Å². The van der Waals surface area contributed by atoms with Crippen LogP contribution in [0.2, 0.25) is 0 Å². The highest BCUT2D eigenvalue weighted by Gasteiger charge is 2.31. The van der Waals surface area contributed by atoms with Crippen molar-refractivity contribution in [3.8, 4) is 0 Å². The van der Waals surface area contributed by atoms with Crippen LogP contribution in [0.25, 0.3) is 0 Å². The number of sulfone groups is 1. The van der Waals surface area contributed by atoms with E-state index in [9.17, 15) is 13.2 Å². The SMILES string of the molecule is C[C@@H]1Cc2ccccc2N1C(=O)c1cccc(CS(=O)(=O)c2ccccc2)c1. The fourth-order valence-electron chi connectivity index (χ4n) is 3.74. The predicted octanol–water partition coefficient (Wildman–Crippen LogP) is 4.25. The van der Waals surface area contributed by atoms with Crippen molar-refractivity contribution in [1.29, 1.82) is 0 Å². The Labute approximate surface area is 165 Å². The molecule has 142 valence electrons. The van der Waals surface area contributed by atoms with Crippen molar-refractivity contribution in [2.24, 2.45) is 0 Å². The molecule has 0 aromatic heterocycles. The molecule has 0 saturated heterocycles. The summed E-state index contributed by atoms with van der Waals surface area (Å²) in [5.41, 5.74) is 3.20. The van der Waals surface area contributed by atoms with Crippen LogP contribution < -0.4 is 4.90 Å². The van der Waals surface area contributed by atoms with Gasteiger partial charge < -0.3 is 4.90 Å². The van der Waals surface area contributed by atoms with Crippen molar-refractivity contribution < 1.29 is 13.2 Å². The lowest BCUT2D eigenvalue weighted by atomic mass is 10.1. The summed E-state index contributed by atoms with van der Waals surface area (Å²) in [5, 5.41) is 0. The van der Waals surface area contributed by atoms with Crippen LogP contribution in [-0.4, -0.2) is 20.4 Å². The van der Waals surface area contributed by atoms with Crippen molar-refractivity contribution in [3.05, 3.63) is 95.6 Å². The van der Waals surface area contributed by atoms with Gasteiger partial charge in [0.2, 0.25) is 0 Å². The fraction of sp³-hybridized carbons (Fsp3) is 0.174. The monoisotopic (exact) mass is 391 g/mol. The molecule has 1 amide bonds. The van der Waals surface area contributed by atoms with Crippen LogP contribution >= 0.6 is 0 Å². The van der Waals surface area contributed by atoms with Crippen LogP contribution in [0.4, 0.5) is 5.69 Å². The zero-order valence-corrected chi connectivity index (χ0v) is 16.4. The van der Waals surface area contributed by atoms with Crippen LogP contribution in [0, 0.1) is 0 Å². The van der Waals surface area contributed by atoms with Crippen molar-refractivity contribution in [2.45, 2.75) is 30.0 Å². The van der Waals surface area contributed by atoms with Crippen LogP contribution in [0.1, 0.15) is 28.4 Å². The molecule has 4 nitrogen and oxygen atoms in total. The maximum absolute atomic E-state index is 13.2. The molecule has 1 heterocycles. The first-order chi connectivity index (χ1) is 13.5. The Morgan fingerprint density at radius 1 is 0.964 bits per heavy atom. The number of hydrogen-bond donors (Lipinski definition) is 0. The van der Waals surface area contributed by atoms with E-state index in [-0.39, 0.29) is 22.6 Å². The van der Waals surface area contributed by atoms with Gasteiger partial charge in [-0.25, -0.2) is 8.42 Å². The average Bonchev–Trinajstić information content (AvgIpc) is 3.03. The maximum Gasteiger partial charge on any atom is 0.258 e. The van der Waals surface area contributed by atoms with Crippen molar-refractivity contribution in [1.82, 2.24) is 0 Å². The number of rotatable bonds is 4. The van der Waals surface area contributed by atoms with Gasteiger partial charge in [0.25, 0.3) is 5.91 Å². The molecule has 0 aliphatic carbocycles. The van der Waals surface area contributed by atoms with Crippen molar-refractivity contribution in [2.75, 3.05) is 4.90 Å². The number of carbonyl (C=O) groups is 1. The molecule has 0 N–H and O–H groups in total. The molecule has 0 fully saturated rings. The van der Waals surface area contributed by atoms with Crippen molar-refractivity contribution >= 4 is 21.4 Å². The Hall–Kier alpha value is -2.92. The Balaban J connectivity index is 1.62. The Bertz CT molecular complexity index is 1120. The molecular formula is C23H21NO3S. The third-order valence-electron chi connectivity index (χ3n) is 5.06.